The molecule has 0 spiro atoms. The summed E-state index contributed by atoms with van der Waals surface area (Å²) in [5, 5.41) is 0. The van der Waals surface area contributed by atoms with E-state index in [1.165, 1.54) is 12.1 Å². The maximum atomic E-state index is 11.8. The van der Waals surface area contributed by atoms with Crippen LogP contribution in [0.1, 0.15) is 5.56 Å². The summed E-state index contributed by atoms with van der Waals surface area (Å²) >= 11 is 0. The van der Waals surface area contributed by atoms with E-state index >= 15 is 0 Å². The van der Waals surface area contributed by atoms with Gasteiger partial charge in [0, 0.05) is 0 Å². The molecule has 11 heavy (non-hydrogen) atoms. The van der Waals surface area contributed by atoms with Gasteiger partial charge in [0.1, 0.15) is 0 Å². The van der Waals surface area contributed by atoms with E-state index in [0.717, 1.165) is 12.1 Å². The summed E-state index contributed by atoms with van der Waals surface area (Å²) in [5.74, 6) is 0. The molecule has 1 nitrogen and oxygen atoms in total. The van der Waals surface area contributed by atoms with Crippen molar-refractivity contribution < 1.29 is 18.6 Å². The van der Waals surface area contributed by atoms with Gasteiger partial charge in [-0.25, -0.2) is 0 Å². The topological polar surface area (TPSA) is 31.5 Å². The lowest BCUT2D eigenvalue weighted by Gasteiger charge is -2.03. The largest absolute Gasteiger partial charge is 0.416 e. The zero-order chi connectivity index (χ0) is 7.61. The Bertz CT molecular complexity index is 205. The molecular weight excluding hydrogens is 157 g/mol. The molecule has 1 aromatic carbocycles. The van der Waals surface area contributed by atoms with Crippen molar-refractivity contribution in [2.75, 3.05) is 0 Å². The predicted molar refractivity (Wildman–Crippen MR) is 33.9 cm³/mol. The minimum atomic E-state index is -4.24. The monoisotopic (exact) mass is 163 g/mol. The molecule has 0 aliphatic heterocycles. The van der Waals surface area contributed by atoms with E-state index in [1.807, 2.05) is 0 Å². The van der Waals surface area contributed by atoms with Gasteiger partial charge in [0.05, 0.1) is 5.56 Å². The molecule has 0 aromatic heterocycles. The standard InChI is InChI=1S/C7H4F3.H2O/c8-7(9,10)6-4-2-1-3-5-6;/h1-2,4-5H;1H2. The Kier molecular flexibility index (Phi) is 3.07. The van der Waals surface area contributed by atoms with E-state index in [2.05, 4.69) is 6.07 Å². The first-order valence-electron chi connectivity index (χ1n) is 2.64. The quantitative estimate of drug-likeness (QED) is 0.557. The number of hydrogen-bond acceptors (Lipinski definition) is 0. The van der Waals surface area contributed by atoms with Crippen molar-refractivity contribution in [3.05, 3.63) is 35.9 Å². The number of halogens is 3. The molecule has 0 atom stereocenters. The smallest absolute Gasteiger partial charge is 0.412 e. The van der Waals surface area contributed by atoms with Gasteiger partial charge in [0.2, 0.25) is 0 Å². The lowest BCUT2D eigenvalue weighted by atomic mass is 10.2. The molecule has 0 unspecified atom stereocenters. The van der Waals surface area contributed by atoms with Gasteiger partial charge in [0.25, 0.3) is 0 Å². The SMILES string of the molecule is FC(F)(F)c1c[c]ccc1.O. The molecule has 0 aliphatic rings. The van der Waals surface area contributed by atoms with Gasteiger partial charge in [0.15, 0.2) is 0 Å². The van der Waals surface area contributed by atoms with E-state index in [4.69, 9.17) is 0 Å². The summed E-state index contributed by atoms with van der Waals surface area (Å²) in [5.41, 5.74) is -0.657. The fraction of sp³-hybridized carbons (Fsp3) is 0.143. The third-order valence-electron chi connectivity index (χ3n) is 1.03. The van der Waals surface area contributed by atoms with Crippen molar-refractivity contribution >= 4 is 0 Å². The van der Waals surface area contributed by atoms with Gasteiger partial charge < -0.3 is 5.48 Å². The minimum absolute atomic E-state index is 0. The van der Waals surface area contributed by atoms with Gasteiger partial charge in [-0.2, -0.15) is 13.2 Å². The minimum Gasteiger partial charge on any atom is -0.412 e. The Morgan fingerprint density at radius 2 is 1.91 bits per heavy atom. The molecule has 1 aromatic rings. The summed E-state index contributed by atoms with van der Waals surface area (Å²) < 4.78 is 35.3. The normalized spacial score (nSPS) is 10.5. The highest BCUT2D eigenvalue weighted by atomic mass is 19.4. The Labute approximate surface area is 61.8 Å². The van der Waals surface area contributed by atoms with Crippen molar-refractivity contribution in [2.45, 2.75) is 6.18 Å². The highest BCUT2D eigenvalue weighted by Gasteiger charge is 2.29. The lowest BCUT2D eigenvalue weighted by molar-refractivity contribution is -0.137. The summed E-state index contributed by atoms with van der Waals surface area (Å²) in [4.78, 5) is 0. The molecule has 1 rings (SSSR count). The van der Waals surface area contributed by atoms with Crippen molar-refractivity contribution in [3.63, 3.8) is 0 Å². The van der Waals surface area contributed by atoms with E-state index in [9.17, 15) is 13.2 Å². The molecule has 0 fully saturated rings. The molecule has 61 valence electrons. The Morgan fingerprint density at radius 3 is 2.18 bits per heavy atom. The highest BCUT2D eigenvalue weighted by Crippen LogP contribution is 2.28. The highest BCUT2D eigenvalue weighted by molar-refractivity contribution is 5.16. The molecule has 2 N–H and O–H groups in total. The van der Waals surface area contributed by atoms with Crippen LogP contribution in [0.25, 0.3) is 0 Å². The van der Waals surface area contributed by atoms with Gasteiger partial charge in [-0.1, -0.05) is 12.1 Å². The average Bonchev–Trinajstić information content (AvgIpc) is 1.88. The molecule has 0 aliphatic carbocycles. The fourth-order valence-corrected chi connectivity index (χ4v) is 0.570. The summed E-state index contributed by atoms with van der Waals surface area (Å²) in [6.45, 7) is 0. The van der Waals surface area contributed by atoms with E-state index in [1.54, 1.807) is 0 Å². The molecule has 0 amide bonds. The van der Waals surface area contributed by atoms with Gasteiger partial charge in [-0.15, -0.1) is 0 Å². The average molecular weight is 163 g/mol. The van der Waals surface area contributed by atoms with Crippen molar-refractivity contribution in [3.8, 4) is 0 Å². The Balaban J connectivity index is 0.000001000. The van der Waals surface area contributed by atoms with E-state index in [0.29, 0.717) is 0 Å². The first-order chi connectivity index (χ1) is 4.61. The molecule has 0 heterocycles. The zero-order valence-corrected chi connectivity index (χ0v) is 5.44. The Hall–Kier alpha value is -1.03. The fourth-order valence-electron chi connectivity index (χ4n) is 0.570. The number of alkyl halides is 3. The van der Waals surface area contributed by atoms with Crippen molar-refractivity contribution in [2.24, 2.45) is 0 Å². The molecule has 0 saturated carbocycles. The first-order valence-corrected chi connectivity index (χ1v) is 2.64. The first kappa shape index (κ1) is 9.97. The van der Waals surface area contributed by atoms with Crippen molar-refractivity contribution in [1.29, 1.82) is 0 Å². The Morgan fingerprint density at radius 1 is 1.27 bits per heavy atom. The van der Waals surface area contributed by atoms with Crippen LogP contribution in [-0.4, -0.2) is 5.48 Å². The third kappa shape index (κ3) is 2.59. The second-order valence-corrected chi connectivity index (χ2v) is 1.79. The van der Waals surface area contributed by atoms with Crippen LogP contribution in [0.15, 0.2) is 24.3 Å². The lowest BCUT2D eigenvalue weighted by Crippen LogP contribution is -2.03. The predicted octanol–water partition coefficient (Wildman–Crippen LogP) is 1.68. The van der Waals surface area contributed by atoms with Crippen LogP contribution in [0.3, 0.4) is 0 Å². The summed E-state index contributed by atoms with van der Waals surface area (Å²) in [6, 6.07) is 7.01. The molecule has 0 saturated heterocycles. The van der Waals surface area contributed by atoms with Crippen LogP contribution in [-0.2, 0) is 6.18 Å². The van der Waals surface area contributed by atoms with Crippen LogP contribution in [0.5, 0.6) is 0 Å². The third-order valence-corrected chi connectivity index (χ3v) is 1.03. The van der Waals surface area contributed by atoms with Crippen LogP contribution in [0.4, 0.5) is 13.2 Å². The maximum absolute atomic E-state index is 11.8. The van der Waals surface area contributed by atoms with Gasteiger partial charge in [-0.05, 0) is 18.2 Å². The number of rotatable bonds is 0. The van der Waals surface area contributed by atoms with Gasteiger partial charge in [-0.3, -0.25) is 0 Å². The second-order valence-electron chi connectivity index (χ2n) is 1.79. The zero-order valence-electron chi connectivity index (χ0n) is 5.44. The maximum Gasteiger partial charge on any atom is 0.416 e. The molecule has 4 heteroatoms. The van der Waals surface area contributed by atoms with Crippen molar-refractivity contribution in [1.82, 2.24) is 0 Å². The van der Waals surface area contributed by atoms with E-state index < -0.39 is 11.7 Å². The molecule has 0 bridgehead atoms. The van der Waals surface area contributed by atoms with Crippen LogP contribution < -0.4 is 0 Å². The van der Waals surface area contributed by atoms with Crippen LogP contribution in [0.2, 0.25) is 0 Å². The van der Waals surface area contributed by atoms with Gasteiger partial charge >= 0.3 is 6.18 Å². The summed E-state index contributed by atoms with van der Waals surface area (Å²) in [6.07, 6.45) is -4.24. The summed E-state index contributed by atoms with van der Waals surface area (Å²) in [7, 11) is 0. The molecular formula is C7H6F3O. The number of benzene rings is 1. The van der Waals surface area contributed by atoms with Crippen LogP contribution >= 0.6 is 0 Å². The number of hydrogen-bond donors (Lipinski definition) is 0. The van der Waals surface area contributed by atoms with E-state index in [-0.39, 0.29) is 5.48 Å². The van der Waals surface area contributed by atoms with Crippen LogP contribution in [0, 0.1) is 6.07 Å². The molecule has 1 radical (unpaired) electrons. The second kappa shape index (κ2) is 3.39.